The molecule has 0 fully saturated rings. The summed E-state index contributed by atoms with van der Waals surface area (Å²) in [6.45, 7) is 19.3. The van der Waals surface area contributed by atoms with Crippen molar-refractivity contribution in [1.29, 1.82) is 0 Å². The van der Waals surface area contributed by atoms with Crippen molar-refractivity contribution in [2.24, 2.45) is 0 Å². The molecule has 4 aromatic rings. The van der Waals surface area contributed by atoms with E-state index in [0.717, 1.165) is 202 Å². The number of rotatable bonds is 56. The number of esters is 12. The lowest BCUT2D eigenvalue weighted by atomic mass is 9.87. The molecule has 1 aliphatic carbocycles. The van der Waals surface area contributed by atoms with Gasteiger partial charge in [-0.15, -0.1) is 0 Å². The number of carbonyl (C=O) groups is 12. The lowest BCUT2D eigenvalue weighted by Gasteiger charge is -2.25. The quantitative estimate of drug-likeness (QED) is 0.0151. The number of unbranched alkanes of at least 4 members (excludes halogenated alkanes) is 12. The lowest BCUT2D eigenvalue weighted by molar-refractivity contribution is -0.144. The Hall–Kier alpha value is -12.4. The smallest absolute Gasteiger partial charge is 0.337 e. The van der Waals surface area contributed by atoms with Gasteiger partial charge in [0.25, 0.3) is 0 Å². The summed E-state index contributed by atoms with van der Waals surface area (Å²) >= 11 is 0. The summed E-state index contributed by atoms with van der Waals surface area (Å²) in [5, 5.41) is 0. The van der Waals surface area contributed by atoms with E-state index in [0.29, 0.717) is 93.2 Å². The van der Waals surface area contributed by atoms with E-state index in [-0.39, 0.29) is 101 Å². The molecule has 28 nitrogen and oxygen atoms in total. The predicted octanol–water partition coefficient (Wildman–Crippen LogP) is 13.9. The Kier molecular flexibility index (Phi) is 47.7. The zero-order valence-corrected chi connectivity index (χ0v) is 73.0. The van der Waals surface area contributed by atoms with Crippen LogP contribution in [0, 0.1) is 0 Å². The molecule has 1 aliphatic rings. The molecule has 0 unspecified atom stereocenters. The maximum Gasteiger partial charge on any atom is 0.337 e. The molecule has 0 aliphatic heterocycles. The Morgan fingerprint density at radius 1 is 0.250 bits per heavy atom. The molecule has 0 atom stereocenters. The lowest BCUT2D eigenvalue weighted by Crippen LogP contribution is -2.19. The largest absolute Gasteiger partial charge is 0.489 e. The summed E-state index contributed by atoms with van der Waals surface area (Å²) in [5.41, 5.74) is 8.73. The molecule has 0 radical (unpaired) electrons. The summed E-state index contributed by atoms with van der Waals surface area (Å²) in [6, 6.07) is 16.9. The van der Waals surface area contributed by atoms with Crippen LogP contribution in [-0.2, 0) is 166 Å². The number of aryl methyl sites for hydroxylation is 4. The van der Waals surface area contributed by atoms with Gasteiger partial charge in [0.15, 0.2) is 0 Å². The highest BCUT2D eigenvalue weighted by Gasteiger charge is 2.27. The molecule has 672 valence electrons. The second kappa shape index (κ2) is 57.8. The van der Waals surface area contributed by atoms with Crippen molar-refractivity contribution in [1.82, 2.24) is 0 Å². The van der Waals surface area contributed by atoms with E-state index in [1.54, 1.807) is 0 Å². The van der Waals surface area contributed by atoms with E-state index in [1.165, 1.54) is 0 Å². The van der Waals surface area contributed by atoms with Crippen molar-refractivity contribution in [3.8, 4) is 23.0 Å². The van der Waals surface area contributed by atoms with Crippen molar-refractivity contribution >= 4 is 71.6 Å². The summed E-state index contributed by atoms with van der Waals surface area (Å²) in [6.07, 6.45) is 25.0. The molecule has 5 rings (SSSR count). The van der Waals surface area contributed by atoms with E-state index in [2.05, 4.69) is 121 Å². The van der Waals surface area contributed by atoms with Crippen LogP contribution < -0.4 is 18.9 Å². The topological polar surface area (TPSA) is 353 Å². The highest BCUT2D eigenvalue weighted by molar-refractivity contribution is 5.95. The standard InChI is InChI=1S/C96H120O28/c1-13-17-21-25-29-69-49-73-57-75-51-70(30-26-22-18-14-2)53-77(90(75)114-42-46-118-94(106)66(6)62-122-86(102)38-34-82(98)110-10)59-79-55-72(32-28-24-20-16-4)56-80(92(79)116-44-48-120-96(108)68(8)64-124-88(104)40-36-84(100)112-12)60-78-54-71(31-27-23-19-15-3)52-76(91(78)115-43-47-119-95(107)67(7)63-123-87(103)39-35-83(99)111-11)58-74(50-69)89(73)113-41-45-117-93(105)65(5)61-121-85(101)37-33-81(97)109-9/h33-40,49-56H,5-8,13-32,41-48,57-64H2,1-4,9-12H3/b37-33-,38-34-,39-35-,40-36-. The molecule has 0 heterocycles. The highest BCUT2D eigenvalue weighted by Crippen LogP contribution is 2.42. The Morgan fingerprint density at radius 2 is 0.427 bits per heavy atom. The van der Waals surface area contributed by atoms with E-state index in [1.807, 2.05) is 0 Å². The SMILES string of the molecule is C=C(COC(=O)/C=C\C(=O)OC)C(=O)OCCOc1c2cc(CCCCCC)cc1Cc1cc(CCCCCC)cc(c1OCCOC(=O)C(=C)COC(=O)/C=C\C(=O)OC)Cc1cc(CCCCCC)cc(c1OCCOC(=O)C(=C)COC(=O)/C=C\C(=O)OC)Cc1cc(CCCCCC)cc(c1OCCOC(=O)C(=C)COC(=O)/C=C\C(=O)OC)C2. The Morgan fingerprint density at radius 3 is 0.597 bits per heavy atom. The predicted molar refractivity (Wildman–Crippen MR) is 459 cm³/mol. The number of hydrogen-bond donors (Lipinski definition) is 0. The van der Waals surface area contributed by atoms with Crippen LogP contribution in [0.15, 0.2) is 146 Å². The van der Waals surface area contributed by atoms with E-state index < -0.39 is 98.1 Å². The first kappa shape index (κ1) is 102. The van der Waals surface area contributed by atoms with Gasteiger partial charge in [-0.05, 0) is 118 Å². The summed E-state index contributed by atoms with van der Waals surface area (Å²) in [5.74, 6) is -8.76. The monoisotopic (exact) mass is 1720 g/mol. The minimum atomic E-state index is -0.937. The molecule has 28 heteroatoms. The molecule has 0 saturated heterocycles. The maximum absolute atomic E-state index is 13.6. The normalized spacial score (nSPS) is 11.5. The van der Waals surface area contributed by atoms with Crippen LogP contribution in [0.25, 0.3) is 0 Å². The van der Waals surface area contributed by atoms with Crippen LogP contribution >= 0.6 is 0 Å². The van der Waals surface area contributed by atoms with Crippen molar-refractivity contribution < 1.29 is 133 Å². The van der Waals surface area contributed by atoms with Gasteiger partial charge in [0.05, 0.1) is 50.7 Å². The fourth-order valence-corrected chi connectivity index (χ4v) is 12.9. The van der Waals surface area contributed by atoms with Crippen molar-refractivity contribution in [2.45, 2.75) is 182 Å². The van der Waals surface area contributed by atoms with Gasteiger partial charge in [-0.3, -0.25) is 0 Å². The van der Waals surface area contributed by atoms with Gasteiger partial charge in [0.2, 0.25) is 0 Å². The first-order chi connectivity index (χ1) is 59.8. The molecule has 0 N–H and O–H groups in total. The minimum Gasteiger partial charge on any atom is -0.489 e. The van der Waals surface area contributed by atoms with Gasteiger partial charge in [-0.2, -0.15) is 0 Å². The third-order valence-electron chi connectivity index (χ3n) is 19.2. The van der Waals surface area contributed by atoms with Crippen LogP contribution in [0.3, 0.4) is 0 Å². The van der Waals surface area contributed by atoms with Crippen molar-refractivity contribution in [3.05, 3.63) is 213 Å². The molecule has 4 aromatic carbocycles. The van der Waals surface area contributed by atoms with Gasteiger partial charge in [0.1, 0.15) is 102 Å². The number of fused-ring (bicyclic) bond motifs is 8. The highest BCUT2D eigenvalue weighted by atomic mass is 16.6. The molecule has 0 saturated carbocycles. The van der Waals surface area contributed by atoms with Crippen LogP contribution in [0.1, 0.15) is 197 Å². The maximum atomic E-state index is 13.6. The number of ether oxygens (including phenoxy) is 16. The molecule has 8 bridgehead atoms. The Balaban J connectivity index is 1.88. The first-order valence-corrected chi connectivity index (χ1v) is 42.0. The van der Waals surface area contributed by atoms with Crippen molar-refractivity contribution in [2.75, 3.05) is 108 Å². The Labute approximate surface area is 726 Å². The number of hydrogen-bond acceptors (Lipinski definition) is 28. The van der Waals surface area contributed by atoms with Gasteiger partial charge < -0.3 is 75.8 Å². The number of carbonyl (C=O) groups excluding carboxylic acids is 12. The molecule has 0 spiro atoms. The van der Waals surface area contributed by atoms with Crippen molar-refractivity contribution in [3.63, 3.8) is 0 Å². The minimum absolute atomic E-state index is 0.146. The molecular weight excluding hydrogens is 1600 g/mol. The molecule has 0 amide bonds. The number of methoxy groups -OCH3 is 4. The molecular formula is C96H120O28. The van der Waals surface area contributed by atoms with E-state index in [4.69, 9.17) is 56.8 Å². The second-order valence-corrected chi connectivity index (χ2v) is 29.1. The van der Waals surface area contributed by atoms with Gasteiger partial charge >= 0.3 is 71.6 Å². The molecule has 124 heavy (non-hydrogen) atoms. The summed E-state index contributed by atoms with van der Waals surface area (Å²) in [7, 11) is 4.58. The second-order valence-electron chi connectivity index (χ2n) is 29.1. The number of benzene rings is 4. The van der Waals surface area contributed by atoms with Gasteiger partial charge in [-0.25, -0.2) is 57.5 Å². The van der Waals surface area contributed by atoms with Crippen LogP contribution in [0.5, 0.6) is 23.0 Å². The summed E-state index contributed by atoms with van der Waals surface area (Å²) < 4.78 is 90.2. The van der Waals surface area contributed by atoms with Crippen LogP contribution in [-0.4, -0.2) is 179 Å². The van der Waals surface area contributed by atoms with Gasteiger partial charge in [0, 0.05) is 74.3 Å². The fraction of sp³-hybridized carbons (Fsp3) is 0.458. The summed E-state index contributed by atoms with van der Waals surface area (Å²) in [4.78, 5) is 151. The average molecular weight is 1720 g/mol. The molecule has 0 aromatic heterocycles. The van der Waals surface area contributed by atoms with E-state index in [9.17, 15) is 57.5 Å². The third-order valence-corrected chi connectivity index (χ3v) is 19.2. The Bertz CT molecular complexity index is 3820. The van der Waals surface area contributed by atoms with Gasteiger partial charge in [-0.1, -0.05) is 180 Å². The zero-order valence-electron chi connectivity index (χ0n) is 73.0. The first-order valence-electron chi connectivity index (χ1n) is 42.0. The van der Waals surface area contributed by atoms with E-state index >= 15 is 0 Å². The van der Waals surface area contributed by atoms with Crippen LogP contribution in [0.4, 0.5) is 0 Å². The third kappa shape index (κ3) is 38.4. The zero-order chi connectivity index (χ0) is 90.6. The fourth-order valence-electron chi connectivity index (χ4n) is 12.9. The average Bonchev–Trinajstić information content (AvgIpc) is 0.772. The van der Waals surface area contributed by atoms with Crippen LogP contribution in [0.2, 0.25) is 0 Å².